The van der Waals surface area contributed by atoms with E-state index in [9.17, 15) is 9.18 Å². The topological polar surface area (TPSA) is 54.0 Å². The second-order valence-electron chi connectivity index (χ2n) is 5.06. The fraction of sp³-hybridized carbons (Fsp3) is 0.294. The number of halogens is 1. The van der Waals surface area contributed by atoms with E-state index in [1.165, 1.54) is 18.3 Å². The third-order valence-electron chi connectivity index (χ3n) is 3.20. The maximum atomic E-state index is 12.9. The van der Waals surface area contributed by atoms with Gasteiger partial charge in [-0.15, -0.1) is 0 Å². The maximum absolute atomic E-state index is 12.9. The number of anilines is 2. The third-order valence-corrected chi connectivity index (χ3v) is 3.20. The van der Waals surface area contributed by atoms with Crippen molar-refractivity contribution < 1.29 is 9.18 Å². The molecule has 1 aromatic heterocycles. The van der Waals surface area contributed by atoms with Gasteiger partial charge in [0.25, 0.3) is 5.91 Å². The van der Waals surface area contributed by atoms with Crippen LogP contribution in [0, 0.1) is 5.82 Å². The molecule has 0 fully saturated rings. The summed E-state index contributed by atoms with van der Waals surface area (Å²) in [6, 6.07) is 7.74. The highest BCUT2D eigenvalue weighted by molar-refractivity contribution is 5.94. The molecule has 0 aliphatic heterocycles. The molecule has 22 heavy (non-hydrogen) atoms. The molecule has 2 aromatic rings. The molecule has 0 spiro atoms. The van der Waals surface area contributed by atoms with Crippen molar-refractivity contribution in [2.45, 2.75) is 26.2 Å². The zero-order chi connectivity index (χ0) is 15.8. The van der Waals surface area contributed by atoms with Crippen LogP contribution in [0.1, 0.15) is 36.5 Å². The number of amides is 1. The van der Waals surface area contributed by atoms with Crippen LogP contribution in [0.15, 0.2) is 42.7 Å². The summed E-state index contributed by atoms with van der Waals surface area (Å²) in [5.74, 6) is -0.421. The molecule has 0 unspecified atom stereocenters. The molecule has 0 bridgehead atoms. The first-order valence-electron chi connectivity index (χ1n) is 7.45. The van der Waals surface area contributed by atoms with Crippen molar-refractivity contribution in [3.05, 3.63) is 54.1 Å². The van der Waals surface area contributed by atoms with Crippen LogP contribution < -0.4 is 10.6 Å². The second kappa shape index (κ2) is 8.12. The molecule has 0 saturated carbocycles. The third kappa shape index (κ3) is 4.84. The quantitative estimate of drug-likeness (QED) is 0.763. The van der Waals surface area contributed by atoms with Crippen molar-refractivity contribution in [3.63, 3.8) is 0 Å². The van der Waals surface area contributed by atoms with Gasteiger partial charge < -0.3 is 10.6 Å². The second-order valence-corrected chi connectivity index (χ2v) is 5.06. The van der Waals surface area contributed by atoms with Crippen LogP contribution in [-0.2, 0) is 0 Å². The van der Waals surface area contributed by atoms with E-state index in [4.69, 9.17) is 0 Å². The molecular weight excluding hydrogens is 281 g/mol. The van der Waals surface area contributed by atoms with Gasteiger partial charge in [-0.3, -0.25) is 9.78 Å². The Morgan fingerprint density at radius 2 is 1.91 bits per heavy atom. The Morgan fingerprint density at radius 3 is 2.64 bits per heavy atom. The highest BCUT2D eigenvalue weighted by Gasteiger charge is 2.06. The lowest BCUT2D eigenvalue weighted by Gasteiger charge is -2.08. The van der Waals surface area contributed by atoms with Gasteiger partial charge in [0.1, 0.15) is 5.82 Å². The minimum atomic E-state index is -0.288. The molecule has 0 aliphatic rings. The van der Waals surface area contributed by atoms with Gasteiger partial charge in [-0.05, 0) is 36.8 Å². The van der Waals surface area contributed by atoms with Gasteiger partial charge in [0.15, 0.2) is 0 Å². The summed E-state index contributed by atoms with van der Waals surface area (Å²) in [4.78, 5) is 16.1. The number of hydrogen-bond acceptors (Lipinski definition) is 3. The molecule has 5 heteroatoms. The molecule has 0 radical (unpaired) electrons. The predicted molar refractivity (Wildman–Crippen MR) is 85.8 cm³/mol. The molecule has 0 saturated heterocycles. The largest absolute Gasteiger partial charge is 0.354 e. The molecule has 1 amide bonds. The van der Waals surface area contributed by atoms with E-state index in [2.05, 4.69) is 22.5 Å². The number of benzene rings is 1. The Kier molecular flexibility index (Phi) is 5.89. The lowest BCUT2D eigenvalue weighted by Crippen LogP contribution is -2.24. The molecule has 0 aliphatic carbocycles. The van der Waals surface area contributed by atoms with Crippen molar-refractivity contribution in [3.8, 4) is 0 Å². The zero-order valence-corrected chi connectivity index (χ0v) is 12.6. The molecule has 2 rings (SSSR count). The first-order valence-corrected chi connectivity index (χ1v) is 7.45. The Balaban J connectivity index is 1.97. The van der Waals surface area contributed by atoms with Crippen molar-refractivity contribution >= 4 is 17.3 Å². The van der Waals surface area contributed by atoms with Gasteiger partial charge in [-0.2, -0.15) is 0 Å². The number of rotatable bonds is 7. The highest BCUT2D eigenvalue weighted by Crippen LogP contribution is 2.17. The van der Waals surface area contributed by atoms with Gasteiger partial charge in [0.05, 0.1) is 17.4 Å². The maximum Gasteiger partial charge on any atom is 0.252 e. The molecule has 1 heterocycles. The Bertz CT molecular complexity index is 614. The first-order chi connectivity index (χ1) is 10.7. The number of aromatic nitrogens is 1. The van der Waals surface area contributed by atoms with Gasteiger partial charge in [0.2, 0.25) is 0 Å². The summed E-state index contributed by atoms with van der Waals surface area (Å²) >= 11 is 0. The number of unbranched alkanes of at least 4 members (excludes halogenated alkanes) is 2. The number of nitrogens with zero attached hydrogens (tertiary/aromatic N) is 1. The number of carbonyl (C=O) groups is 1. The van der Waals surface area contributed by atoms with Crippen LogP contribution in [0.4, 0.5) is 15.8 Å². The van der Waals surface area contributed by atoms with E-state index in [1.807, 2.05) is 0 Å². The van der Waals surface area contributed by atoms with E-state index >= 15 is 0 Å². The van der Waals surface area contributed by atoms with Crippen molar-refractivity contribution in [2.24, 2.45) is 0 Å². The Hall–Kier alpha value is -2.43. The normalized spacial score (nSPS) is 10.3. The summed E-state index contributed by atoms with van der Waals surface area (Å²) in [5.41, 5.74) is 1.93. The van der Waals surface area contributed by atoms with Gasteiger partial charge >= 0.3 is 0 Å². The standard InChI is InChI=1S/C17H20FN3O/c1-2-3-4-9-20-17(22)13-10-16(12-19-11-13)21-15-7-5-14(18)6-8-15/h5-8,10-12,21H,2-4,9H2,1H3,(H,20,22). The van der Waals surface area contributed by atoms with E-state index in [1.54, 1.807) is 24.4 Å². The van der Waals surface area contributed by atoms with Gasteiger partial charge in [0, 0.05) is 18.4 Å². The van der Waals surface area contributed by atoms with Crippen LogP contribution >= 0.6 is 0 Å². The Labute approximate surface area is 129 Å². The number of nitrogens with one attached hydrogen (secondary N) is 2. The minimum Gasteiger partial charge on any atom is -0.354 e. The average Bonchev–Trinajstić information content (AvgIpc) is 2.54. The van der Waals surface area contributed by atoms with E-state index in [-0.39, 0.29) is 11.7 Å². The number of hydrogen-bond donors (Lipinski definition) is 2. The summed E-state index contributed by atoms with van der Waals surface area (Å²) in [5, 5.41) is 5.97. The summed E-state index contributed by atoms with van der Waals surface area (Å²) in [6.45, 7) is 2.79. The minimum absolute atomic E-state index is 0.133. The van der Waals surface area contributed by atoms with E-state index < -0.39 is 0 Å². The van der Waals surface area contributed by atoms with E-state index in [0.29, 0.717) is 17.8 Å². The average molecular weight is 301 g/mol. The van der Waals surface area contributed by atoms with Crippen LogP contribution in [-0.4, -0.2) is 17.4 Å². The lowest BCUT2D eigenvalue weighted by molar-refractivity contribution is 0.0952. The molecule has 4 nitrogen and oxygen atoms in total. The van der Waals surface area contributed by atoms with Gasteiger partial charge in [-0.1, -0.05) is 19.8 Å². The zero-order valence-electron chi connectivity index (χ0n) is 12.6. The lowest BCUT2D eigenvalue weighted by atomic mass is 10.2. The van der Waals surface area contributed by atoms with Crippen LogP contribution in [0.2, 0.25) is 0 Å². The Morgan fingerprint density at radius 1 is 1.14 bits per heavy atom. The monoisotopic (exact) mass is 301 g/mol. The smallest absolute Gasteiger partial charge is 0.252 e. The van der Waals surface area contributed by atoms with E-state index in [0.717, 1.165) is 24.9 Å². The van der Waals surface area contributed by atoms with Crippen molar-refractivity contribution in [1.82, 2.24) is 10.3 Å². The number of carbonyl (C=O) groups excluding carboxylic acids is 1. The summed E-state index contributed by atoms with van der Waals surface area (Å²) in [6.07, 6.45) is 6.35. The SMILES string of the molecule is CCCCCNC(=O)c1cncc(Nc2ccc(F)cc2)c1. The summed E-state index contributed by atoms with van der Waals surface area (Å²) in [7, 11) is 0. The summed E-state index contributed by atoms with van der Waals surface area (Å²) < 4.78 is 12.9. The molecule has 1 aromatic carbocycles. The molecule has 0 atom stereocenters. The van der Waals surface area contributed by atoms with Crippen molar-refractivity contribution in [2.75, 3.05) is 11.9 Å². The van der Waals surface area contributed by atoms with Crippen LogP contribution in [0.3, 0.4) is 0 Å². The van der Waals surface area contributed by atoms with Gasteiger partial charge in [-0.25, -0.2) is 4.39 Å². The highest BCUT2D eigenvalue weighted by atomic mass is 19.1. The fourth-order valence-corrected chi connectivity index (χ4v) is 2.01. The molecule has 2 N–H and O–H groups in total. The molecular formula is C17H20FN3O. The van der Waals surface area contributed by atoms with Crippen LogP contribution in [0.5, 0.6) is 0 Å². The predicted octanol–water partition coefficient (Wildman–Crippen LogP) is 3.88. The fourth-order valence-electron chi connectivity index (χ4n) is 2.01. The first kappa shape index (κ1) is 15.9. The van der Waals surface area contributed by atoms with Crippen LogP contribution in [0.25, 0.3) is 0 Å². The van der Waals surface area contributed by atoms with Crippen molar-refractivity contribution in [1.29, 1.82) is 0 Å². The molecule has 116 valence electrons. The number of pyridine rings is 1.